The van der Waals surface area contributed by atoms with Gasteiger partial charge in [-0.2, -0.15) is 13.2 Å². The quantitative estimate of drug-likeness (QED) is 0.879. The lowest BCUT2D eigenvalue weighted by Gasteiger charge is -2.15. The number of hydrogen-bond acceptors (Lipinski definition) is 4. The highest BCUT2D eigenvalue weighted by molar-refractivity contribution is 5.88. The molecule has 0 atom stereocenters. The monoisotopic (exact) mass is 300 g/mol. The number of rotatable bonds is 3. The van der Waals surface area contributed by atoms with Crippen LogP contribution in [0.4, 0.5) is 18.9 Å². The van der Waals surface area contributed by atoms with Crippen LogP contribution >= 0.6 is 0 Å². The van der Waals surface area contributed by atoms with E-state index >= 15 is 0 Å². The molecule has 4 nitrogen and oxygen atoms in total. The van der Waals surface area contributed by atoms with Gasteiger partial charge in [0, 0.05) is 17.5 Å². The Labute approximate surface area is 119 Å². The molecule has 7 heteroatoms. The zero-order valence-electron chi connectivity index (χ0n) is 11.8. The molecule has 114 valence electrons. The summed E-state index contributed by atoms with van der Waals surface area (Å²) in [7, 11) is 1.39. The van der Waals surface area contributed by atoms with E-state index in [2.05, 4.69) is 4.98 Å². The number of nitrogen functional groups attached to an aromatic ring is 1. The zero-order valence-corrected chi connectivity index (χ0v) is 11.8. The SMILES string of the molecule is COc1cc2nc(OC(C)C)cc(C(F)(F)F)c2cc1N. The molecule has 0 aliphatic heterocycles. The molecule has 2 aromatic rings. The highest BCUT2D eigenvalue weighted by Gasteiger charge is 2.34. The van der Waals surface area contributed by atoms with Crippen LogP contribution in [0.25, 0.3) is 10.9 Å². The lowest BCUT2D eigenvalue weighted by atomic mass is 10.1. The predicted molar refractivity (Wildman–Crippen MR) is 73.5 cm³/mol. The van der Waals surface area contributed by atoms with Crippen molar-refractivity contribution in [2.45, 2.75) is 26.1 Å². The van der Waals surface area contributed by atoms with Gasteiger partial charge in [-0.3, -0.25) is 0 Å². The van der Waals surface area contributed by atoms with Gasteiger partial charge in [0.25, 0.3) is 0 Å². The van der Waals surface area contributed by atoms with E-state index in [0.29, 0.717) is 0 Å². The molecule has 0 spiro atoms. The van der Waals surface area contributed by atoms with Gasteiger partial charge in [-0.05, 0) is 19.9 Å². The van der Waals surface area contributed by atoms with E-state index in [0.717, 1.165) is 6.07 Å². The maximum absolute atomic E-state index is 13.2. The largest absolute Gasteiger partial charge is 0.495 e. The highest BCUT2D eigenvalue weighted by Crippen LogP contribution is 2.39. The van der Waals surface area contributed by atoms with Gasteiger partial charge in [0.05, 0.1) is 30.0 Å². The number of aromatic nitrogens is 1. The predicted octanol–water partition coefficient (Wildman–Crippen LogP) is 3.63. The Hall–Kier alpha value is -2.18. The number of methoxy groups -OCH3 is 1. The van der Waals surface area contributed by atoms with Crippen molar-refractivity contribution in [1.29, 1.82) is 0 Å². The second-order valence-corrected chi connectivity index (χ2v) is 4.78. The van der Waals surface area contributed by atoms with Crippen LogP contribution in [0, 0.1) is 0 Å². The highest BCUT2D eigenvalue weighted by atomic mass is 19.4. The van der Waals surface area contributed by atoms with E-state index in [1.807, 2.05) is 0 Å². The molecule has 0 bridgehead atoms. The van der Waals surface area contributed by atoms with Crippen LogP contribution in [0.15, 0.2) is 18.2 Å². The van der Waals surface area contributed by atoms with E-state index in [1.54, 1.807) is 13.8 Å². The topological polar surface area (TPSA) is 57.4 Å². The number of fused-ring (bicyclic) bond motifs is 1. The fourth-order valence-electron chi connectivity index (χ4n) is 1.96. The standard InChI is InChI=1S/C14H15F3N2O2/c1-7(2)21-13-5-9(14(15,16)17)8-4-10(18)12(20-3)6-11(8)19-13/h4-7H,18H2,1-3H3. The van der Waals surface area contributed by atoms with E-state index in [-0.39, 0.29) is 34.3 Å². The van der Waals surface area contributed by atoms with Crippen LogP contribution in [-0.2, 0) is 6.18 Å². The lowest BCUT2D eigenvalue weighted by molar-refractivity contribution is -0.136. The molecule has 1 aromatic carbocycles. The van der Waals surface area contributed by atoms with E-state index < -0.39 is 11.7 Å². The molecule has 2 rings (SSSR count). The van der Waals surface area contributed by atoms with Crippen molar-refractivity contribution in [3.8, 4) is 11.6 Å². The zero-order chi connectivity index (χ0) is 15.8. The Morgan fingerprint density at radius 3 is 2.38 bits per heavy atom. The summed E-state index contributed by atoms with van der Waals surface area (Å²) in [6.45, 7) is 3.42. The second kappa shape index (κ2) is 5.31. The number of pyridine rings is 1. The van der Waals surface area contributed by atoms with Crippen LogP contribution < -0.4 is 15.2 Å². The van der Waals surface area contributed by atoms with Crippen molar-refractivity contribution in [3.63, 3.8) is 0 Å². The third-order valence-electron chi connectivity index (χ3n) is 2.80. The Balaban J connectivity index is 2.74. The van der Waals surface area contributed by atoms with Crippen LogP contribution in [0.1, 0.15) is 19.4 Å². The van der Waals surface area contributed by atoms with Gasteiger partial charge in [0.1, 0.15) is 5.75 Å². The van der Waals surface area contributed by atoms with Crippen LogP contribution in [-0.4, -0.2) is 18.2 Å². The average Bonchev–Trinajstić information content (AvgIpc) is 2.35. The van der Waals surface area contributed by atoms with Crippen molar-refractivity contribution in [1.82, 2.24) is 4.98 Å². The summed E-state index contributed by atoms with van der Waals surface area (Å²) in [6, 6.07) is 3.46. The van der Waals surface area contributed by atoms with Crippen LogP contribution in [0.2, 0.25) is 0 Å². The average molecular weight is 300 g/mol. The molecule has 0 aliphatic carbocycles. The second-order valence-electron chi connectivity index (χ2n) is 4.78. The third-order valence-corrected chi connectivity index (χ3v) is 2.80. The van der Waals surface area contributed by atoms with Crippen molar-refractivity contribution < 1.29 is 22.6 Å². The third kappa shape index (κ3) is 3.12. The number of hydrogen-bond donors (Lipinski definition) is 1. The molecular weight excluding hydrogens is 285 g/mol. The fourth-order valence-corrected chi connectivity index (χ4v) is 1.96. The summed E-state index contributed by atoms with van der Waals surface area (Å²) in [5, 5.41) is -0.0862. The normalized spacial score (nSPS) is 12.0. The first-order valence-electron chi connectivity index (χ1n) is 6.24. The van der Waals surface area contributed by atoms with Crippen molar-refractivity contribution in [3.05, 3.63) is 23.8 Å². The molecule has 0 aliphatic rings. The molecule has 1 aromatic heterocycles. The minimum Gasteiger partial charge on any atom is -0.495 e. The molecular formula is C14H15F3N2O2. The van der Waals surface area contributed by atoms with Crippen LogP contribution in [0.5, 0.6) is 11.6 Å². The van der Waals surface area contributed by atoms with Gasteiger partial charge in [-0.15, -0.1) is 0 Å². The molecule has 0 saturated carbocycles. The first-order chi connectivity index (χ1) is 9.72. The van der Waals surface area contributed by atoms with Crippen molar-refractivity contribution >= 4 is 16.6 Å². The summed E-state index contributed by atoms with van der Waals surface area (Å²) in [4.78, 5) is 4.08. The van der Waals surface area contributed by atoms with Gasteiger partial charge >= 0.3 is 6.18 Å². The van der Waals surface area contributed by atoms with Crippen LogP contribution in [0.3, 0.4) is 0 Å². The molecule has 0 fully saturated rings. The molecule has 0 amide bonds. The molecule has 21 heavy (non-hydrogen) atoms. The maximum atomic E-state index is 13.2. The minimum atomic E-state index is -4.53. The van der Waals surface area contributed by atoms with E-state index in [4.69, 9.17) is 15.2 Å². The Morgan fingerprint density at radius 2 is 1.86 bits per heavy atom. The fraction of sp³-hybridized carbons (Fsp3) is 0.357. The molecule has 0 unspecified atom stereocenters. The maximum Gasteiger partial charge on any atom is 0.417 e. The number of ether oxygens (including phenoxy) is 2. The number of nitrogens with zero attached hydrogens (tertiary/aromatic N) is 1. The summed E-state index contributed by atoms with van der Waals surface area (Å²) in [5.41, 5.74) is 5.08. The molecule has 1 heterocycles. The number of halogens is 3. The molecule has 2 N–H and O–H groups in total. The van der Waals surface area contributed by atoms with E-state index in [1.165, 1.54) is 19.2 Å². The minimum absolute atomic E-state index is 0.0862. The summed E-state index contributed by atoms with van der Waals surface area (Å²) >= 11 is 0. The number of nitrogens with two attached hydrogens (primary N) is 1. The number of benzene rings is 1. The van der Waals surface area contributed by atoms with Gasteiger partial charge in [0.2, 0.25) is 5.88 Å². The van der Waals surface area contributed by atoms with Gasteiger partial charge in [0.15, 0.2) is 0 Å². The molecule has 0 radical (unpaired) electrons. The first-order valence-corrected chi connectivity index (χ1v) is 6.24. The number of anilines is 1. The van der Waals surface area contributed by atoms with Gasteiger partial charge in [-0.1, -0.05) is 0 Å². The Morgan fingerprint density at radius 1 is 1.19 bits per heavy atom. The number of alkyl halides is 3. The Kier molecular flexibility index (Phi) is 3.85. The molecule has 0 saturated heterocycles. The van der Waals surface area contributed by atoms with Gasteiger partial charge in [-0.25, -0.2) is 4.98 Å². The summed E-state index contributed by atoms with van der Waals surface area (Å²) in [6.07, 6.45) is -4.82. The Bertz CT molecular complexity index is 669. The van der Waals surface area contributed by atoms with Crippen molar-refractivity contribution in [2.24, 2.45) is 0 Å². The summed E-state index contributed by atoms with van der Waals surface area (Å²) in [5.74, 6) is 0.182. The first kappa shape index (κ1) is 15.2. The van der Waals surface area contributed by atoms with E-state index in [9.17, 15) is 13.2 Å². The van der Waals surface area contributed by atoms with Gasteiger partial charge < -0.3 is 15.2 Å². The summed E-state index contributed by atoms with van der Waals surface area (Å²) < 4.78 is 49.9. The van der Waals surface area contributed by atoms with Crippen molar-refractivity contribution in [2.75, 3.05) is 12.8 Å². The lowest BCUT2D eigenvalue weighted by Crippen LogP contribution is -2.11. The smallest absolute Gasteiger partial charge is 0.417 e.